The Morgan fingerprint density at radius 2 is 1.82 bits per heavy atom. The van der Waals surface area contributed by atoms with Gasteiger partial charge >= 0.3 is 5.97 Å². The molecule has 0 aromatic heterocycles. The van der Waals surface area contributed by atoms with E-state index in [2.05, 4.69) is 0 Å². The fraction of sp³-hybridized carbons (Fsp3) is 0.667. The summed E-state index contributed by atoms with van der Waals surface area (Å²) in [5.74, 6) is -3.27. The number of carbonyl (C=O) groups is 3. The number of aliphatic carboxylic acids is 1. The summed E-state index contributed by atoms with van der Waals surface area (Å²) in [4.78, 5) is 33.5. The Balaban J connectivity index is 2.93. The molecule has 0 aromatic rings. The van der Waals surface area contributed by atoms with Crippen LogP contribution >= 0.6 is 0 Å². The molecule has 17 heavy (non-hydrogen) atoms. The van der Waals surface area contributed by atoms with E-state index in [4.69, 9.17) is 10.8 Å². The lowest BCUT2D eigenvalue weighted by Crippen LogP contribution is -2.51. The minimum Gasteiger partial charge on any atom is -0.480 e. The van der Waals surface area contributed by atoms with Crippen LogP contribution in [-0.2, 0) is 14.4 Å². The third kappa shape index (κ3) is 2.99. The van der Waals surface area contributed by atoms with Crippen molar-refractivity contribution in [1.82, 2.24) is 5.32 Å². The number of nitrogens with two attached hydrogens (primary N) is 1. The average Bonchev–Trinajstić information content (AvgIpc) is 2.31. The number of ketones is 1. The van der Waals surface area contributed by atoms with Crippen molar-refractivity contribution < 1.29 is 29.7 Å². The van der Waals surface area contributed by atoms with Crippen LogP contribution in [0, 0.1) is 0 Å². The molecule has 96 valence electrons. The molecule has 0 spiro atoms. The zero-order valence-corrected chi connectivity index (χ0v) is 8.87. The molecule has 0 radical (unpaired) electrons. The highest BCUT2D eigenvalue weighted by molar-refractivity contribution is 5.96. The first-order valence-corrected chi connectivity index (χ1v) is 5.03. The van der Waals surface area contributed by atoms with Crippen molar-refractivity contribution in [2.75, 3.05) is 0 Å². The molecule has 0 aromatic carbocycles. The van der Waals surface area contributed by atoms with E-state index < -0.39 is 42.0 Å². The van der Waals surface area contributed by atoms with Crippen LogP contribution in [0.25, 0.3) is 0 Å². The summed E-state index contributed by atoms with van der Waals surface area (Å²) in [6.07, 6.45) is -3.99. The standard InChI is InChI=1S/C9H14N2O6/c10-3-1-2-4(9(16)17)11-8(15)7(14)6(13)5(3)12/h3-4,6-7,13-14H,1-2,10H2,(H,11,15)(H,16,17)/t3?,4-,6?,7?/m0/s1. The summed E-state index contributed by atoms with van der Waals surface area (Å²) in [6.45, 7) is 0. The van der Waals surface area contributed by atoms with E-state index in [9.17, 15) is 24.6 Å². The Morgan fingerprint density at radius 1 is 1.24 bits per heavy atom. The first-order chi connectivity index (χ1) is 7.84. The van der Waals surface area contributed by atoms with E-state index in [1.807, 2.05) is 5.32 Å². The van der Waals surface area contributed by atoms with Crippen molar-refractivity contribution in [2.45, 2.75) is 37.1 Å². The second kappa shape index (κ2) is 5.21. The number of Topliss-reactive ketones (excluding diaryl/α,β-unsaturated/α-hetero) is 1. The van der Waals surface area contributed by atoms with E-state index in [-0.39, 0.29) is 12.8 Å². The number of hydrogen-bond donors (Lipinski definition) is 5. The lowest BCUT2D eigenvalue weighted by molar-refractivity contribution is -0.147. The monoisotopic (exact) mass is 246 g/mol. The van der Waals surface area contributed by atoms with Crippen molar-refractivity contribution in [3.63, 3.8) is 0 Å². The van der Waals surface area contributed by atoms with Crippen LogP contribution in [-0.4, -0.2) is 57.3 Å². The number of aliphatic hydroxyl groups excluding tert-OH is 2. The van der Waals surface area contributed by atoms with E-state index in [0.29, 0.717) is 0 Å². The second-order valence-corrected chi connectivity index (χ2v) is 3.88. The number of aliphatic hydroxyl groups is 2. The predicted octanol–water partition coefficient (Wildman–Crippen LogP) is -3.03. The Labute approximate surface area is 96.4 Å². The molecule has 0 saturated carbocycles. The highest BCUT2D eigenvalue weighted by Crippen LogP contribution is 2.09. The zero-order chi connectivity index (χ0) is 13.2. The van der Waals surface area contributed by atoms with Crippen molar-refractivity contribution in [3.05, 3.63) is 0 Å². The molecule has 3 unspecified atom stereocenters. The quantitative estimate of drug-likeness (QED) is 0.330. The van der Waals surface area contributed by atoms with Gasteiger partial charge in [-0.1, -0.05) is 0 Å². The number of amides is 1. The predicted molar refractivity (Wildman–Crippen MR) is 53.8 cm³/mol. The van der Waals surface area contributed by atoms with Gasteiger partial charge in [-0.25, -0.2) is 4.79 Å². The Bertz CT molecular complexity index is 344. The minimum atomic E-state index is -2.01. The number of rotatable bonds is 1. The van der Waals surface area contributed by atoms with Gasteiger partial charge in [-0.2, -0.15) is 0 Å². The van der Waals surface area contributed by atoms with Gasteiger partial charge in [-0.05, 0) is 12.8 Å². The summed E-state index contributed by atoms with van der Waals surface area (Å²) >= 11 is 0. The Morgan fingerprint density at radius 3 is 2.35 bits per heavy atom. The number of carboxylic acids is 1. The van der Waals surface area contributed by atoms with E-state index in [1.54, 1.807) is 0 Å². The van der Waals surface area contributed by atoms with Crippen molar-refractivity contribution in [2.24, 2.45) is 5.73 Å². The molecule has 1 rings (SSSR count). The molecule has 0 bridgehead atoms. The molecule has 1 fully saturated rings. The molecule has 1 aliphatic rings. The van der Waals surface area contributed by atoms with E-state index in [0.717, 1.165) is 0 Å². The van der Waals surface area contributed by atoms with Crippen LogP contribution in [0.15, 0.2) is 0 Å². The highest BCUT2D eigenvalue weighted by atomic mass is 16.4. The SMILES string of the molecule is NC1CC[C@@H](C(=O)O)NC(=O)C(O)C(O)C1=O. The van der Waals surface area contributed by atoms with Crippen LogP contribution in [0.4, 0.5) is 0 Å². The first-order valence-electron chi connectivity index (χ1n) is 5.03. The van der Waals surface area contributed by atoms with Gasteiger partial charge in [0.15, 0.2) is 11.9 Å². The number of hydrogen-bond acceptors (Lipinski definition) is 6. The van der Waals surface area contributed by atoms with Gasteiger partial charge in [0.2, 0.25) is 0 Å². The van der Waals surface area contributed by atoms with E-state index in [1.165, 1.54) is 0 Å². The maximum atomic E-state index is 11.4. The van der Waals surface area contributed by atoms with Crippen LogP contribution in [0.5, 0.6) is 0 Å². The van der Waals surface area contributed by atoms with Crippen LogP contribution in [0.1, 0.15) is 12.8 Å². The highest BCUT2D eigenvalue weighted by Gasteiger charge is 2.37. The molecular weight excluding hydrogens is 232 g/mol. The number of nitrogens with one attached hydrogen (secondary N) is 1. The summed E-state index contributed by atoms with van der Waals surface area (Å²) in [5, 5.41) is 29.5. The van der Waals surface area contributed by atoms with Crippen molar-refractivity contribution in [1.29, 1.82) is 0 Å². The minimum absolute atomic E-state index is 0.000139. The van der Waals surface area contributed by atoms with Gasteiger partial charge in [-0.3, -0.25) is 9.59 Å². The van der Waals surface area contributed by atoms with E-state index >= 15 is 0 Å². The summed E-state index contributed by atoms with van der Waals surface area (Å²) in [6, 6.07) is -2.34. The van der Waals surface area contributed by atoms with Gasteiger partial charge in [0.1, 0.15) is 12.1 Å². The fourth-order valence-electron chi connectivity index (χ4n) is 1.52. The maximum Gasteiger partial charge on any atom is 0.326 e. The molecule has 1 amide bonds. The number of carbonyl (C=O) groups excluding carboxylic acids is 2. The zero-order valence-electron chi connectivity index (χ0n) is 8.87. The summed E-state index contributed by atoms with van der Waals surface area (Å²) in [5.41, 5.74) is 5.42. The maximum absolute atomic E-state index is 11.4. The molecule has 6 N–H and O–H groups in total. The largest absolute Gasteiger partial charge is 0.480 e. The van der Waals surface area contributed by atoms with Gasteiger partial charge in [0.05, 0.1) is 6.04 Å². The molecule has 1 aliphatic heterocycles. The van der Waals surface area contributed by atoms with Gasteiger partial charge in [-0.15, -0.1) is 0 Å². The van der Waals surface area contributed by atoms with Crippen LogP contribution < -0.4 is 11.1 Å². The number of carboxylic acid groups (broad SMARTS) is 1. The Kier molecular flexibility index (Phi) is 4.16. The average molecular weight is 246 g/mol. The molecule has 8 heteroatoms. The normalized spacial score (nSPS) is 35.5. The molecule has 0 aliphatic carbocycles. The van der Waals surface area contributed by atoms with Crippen molar-refractivity contribution in [3.8, 4) is 0 Å². The molecule has 1 saturated heterocycles. The Hall–Kier alpha value is -1.51. The molecular formula is C9H14N2O6. The van der Waals surface area contributed by atoms with Gasteiger partial charge in [0, 0.05) is 0 Å². The molecule has 4 atom stereocenters. The fourth-order valence-corrected chi connectivity index (χ4v) is 1.52. The van der Waals surface area contributed by atoms with Gasteiger partial charge in [0.25, 0.3) is 5.91 Å². The van der Waals surface area contributed by atoms with Crippen LogP contribution in [0.3, 0.4) is 0 Å². The van der Waals surface area contributed by atoms with Crippen molar-refractivity contribution >= 4 is 17.7 Å². The summed E-state index contributed by atoms with van der Waals surface area (Å²) < 4.78 is 0. The topological polar surface area (TPSA) is 150 Å². The first kappa shape index (κ1) is 13.6. The third-order valence-electron chi connectivity index (χ3n) is 2.61. The third-order valence-corrected chi connectivity index (χ3v) is 2.61. The second-order valence-electron chi connectivity index (χ2n) is 3.88. The smallest absolute Gasteiger partial charge is 0.326 e. The summed E-state index contributed by atoms with van der Waals surface area (Å²) in [7, 11) is 0. The van der Waals surface area contributed by atoms with Gasteiger partial charge < -0.3 is 26.4 Å². The molecule has 8 nitrogen and oxygen atoms in total. The molecule has 1 heterocycles. The lowest BCUT2D eigenvalue weighted by atomic mass is 9.99. The lowest BCUT2D eigenvalue weighted by Gasteiger charge is -2.17. The van der Waals surface area contributed by atoms with Crippen LogP contribution in [0.2, 0.25) is 0 Å².